The summed E-state index contributed by atoms with van der Waals surface area (Å²) in [6.45, 7) is 2.00. The van der Waals surface area contributed by atoms with Gasteiger partial charge in [0.1, 0.15) is 23.8 Å². The number of nitrogens with one attached hydrogen (secondary N) is 4. The average Bonchev–Trinajstić information content (AvgIpc) is 2.78. The van der Waals surface area contributed by atoms with E-state index in [9.17, 15) is 4.79 Å². The van der Waals surface area contributed by atoms with Gasteiger partial charge in [-0.05, 0) is 55.5 Å². The number of amides is 2. The summed E-state index contributed by atoms with van der Waals surface area (Å²) in [6.07, 6.45) is 3.18. The van der Waals surface area contributed by atoms with Gasteiger partial charge in [0.2, 0.25) is 0 Å². The SMILES string of the molecule is Cc1ccc(NC(=O)Nc2ccc(Nc3cc(Nc4ccccn4)ncn3)cc2)cc1. The van der Waals surface area contributed by atoms with Gasteiger partial charge in [-0.3, -0.25) is 0 Å². The lowest BCUT2D eigenvalue weighted by Gasteiger charge is -2.10. The van der Waals surface area contributed by atoms with Crippen LogP contribution < -0.4 is 21.3 Å². The highest BCUT2D eigenvalue weighted by Crippen LogP contribution is 2.20. The second-order valence-electron chi connectivity index (χ2n) is 6.78. The molecule has 0 aliphatic heterocycles. The van der Waals surface area contributed by atoms with E-state index >= 15 is 0 Å². The van der Waals surface area contributed by atoms with E-state index < -0.39 is 0 Å². The average molecular weight is 411 g/mol. The molecule has 0 atom stereocenters. The van der Waals surface area contributed by atoms with Crippen molar-refractivity contribution in [2.45, 2.75) is 6.92 Å². The first-order valence-electron chi connectivity index (χ1n) is 9.66. The summed E-state index contributed by atoms with van der Waals surface area (Å²) in [6, 6.07) is 22.0. The van der Waals surface area contributed by atoms with E-state index in [1.54, 1.807) is 12.3 Å². The van der Waals surface area contributed by atoms with Crippen LogP contribution >= 0.6 is 0 Å². The van der Waals surface area contributed by atoms with Crippen LogP contribution in [-0.2, 0) is 0 Å². The summed E-state index contributed by atoms with van der Waals surface area (Å²) in [5.41, 5.74) is 3.37. The summed E-state index contributed by atoms with van der Waals surface area (Å²) in [5, 5.41) is 12.0. The van der Waals surface area contributed by atoms with Crippen molar-refractivity contribution < 1.29 is 4.79 Å². The first-order chi connectivity index (χ1) is 15.1. The van der Waals surface area contributed by atoms with Crippen LogP contribution in [0.3, 0.4) is 0 Å². The lowest BCUT2D eigenvalue weighted by molar-refractivity contribution is 0.262. The molecule has 8 heteroatoms. The van der Waals surface area contributed by atoms with Gasteiger partial charge in [0.05, 0.1) is 0 Å². The zero-order valence-electron chi connectivity index (χ0n) is 16.8. The normalized spacial score (nSPS) is 10.2. The van der Waals surface area contributed by atoms with Crippen molar-refractivity contribution in [3.8, 4) is 0 Å². The molecular weight excluding hydrogens is 390 g/mol. The Morgan fingerprint density at radius 1 is 0.677 bits per heavy atom. The Balaban J connectivity index is 1.34. The first-order valence-corrected chi connectivity index (χ1v) is 9.66. The van der Waals surface area contributed by atoms with E-state index in [-0.39, 0.29) is 6.03 Å². The quantitative estimate of drug-likeness (QED) is 0.343. The Morgan fingerprint density at radius 3 is 1.94 bits per heavy atom. The monoisotopic (exact) mass is 411 g/mol. The number of aromatic nitrogens is 3. The highest BCUT2D eigenvalue weighted by atomic mass is 16.2. The third-order valence-electron chi connectivity index (χ3n) is 4.31. The second kappa shape index (κ2) is 9.36. The molecular formula is C23H21N7O. The predicted octanol–water partition coefficient (Wildman–Crippen LogP) is 5.31. The number of aryl methyl sites for hydroxylation is 1. The fourth-order valence-electron chi connectivity index (χ4n) is 2.78. The number of hydrogen-bond acceptors (Lipinski definition) is 6. The topological polar surface area (TPSA) is 104 Å². The molecule has 4 N–H and O–H groups in total. The van der Waals surface area contributed by atoms with Crippen LogP contribution in [0.25, 0.3) is 0 Å². The predicted molar refractivity (Wildman–Crippen MR) is 123 cm³/mol. The van der Waals surface area contributed by atoms with Crippen LogP contribution in [0.15, 0.2) is 85.3 Å². The van der Waals surface area contributed by atoms with Gasteiger partial charge in [-0.1, -0.05) is 23.8 Å². The van der Waals surface area contributed by atoms with Crippen LogP contribution in [-0.4, -0.2) is 21.0 Å². The summed E-state index contributed by atoms with van der Waals surface area (Å²) in [5.74, 6) is 1.96. The molecule has 31 heavy (non-hydrogen) atoms. The van der Waals surface area contributed by atoms with E-state index in [0.717, 1.165) is 16.9 Å². The van der Waals surface area contributed by atoms with Gasteiger partial charge >= 0.3 is 6.03 Å². The van der Waals surface area contributed by atoms with Crippen molar-refractivity contribution in [1.82, 2.24) is 15.0 Å². The molecule has 0 fully saturated rings. The Kier molecular flexibility index (Phi) is 5.99. The number of hydrogen-bond donors (Lipinski definition) is 4. The number of anilines is 6. The van der Waals surface area contributed by atoms with Crippen LogP contribution in [0.4, 0.5) is 39.3 Å². The number of carbonyl (C=O) groups is 1. The highest BCUT2D eigenvalue weighted by molar-refractivity contribution is 5.99. The summed E-state index contributed by atoms with van der Waals surface area (Å²) >= 11 is 0. The van der Waals surface area contributed by atoms with Crippen molar-refractivity contribution in [3.63, 3.8) is 0 Å². The van der Waals surface area contributed by atoms with E-state index in [1.165, 1.54) is 6.33 Å². The molecule has 4 aromatic rings. The largest absolute Gasteiger partial charge is 0.340 e. The summed E-state index contributed by atoms with van der Waals surface area (Å²) < 4.78 is 0. The highest BCUT2D eigenvalue weighted by Gasteiger charge is 2.04. The lowest BCUT2D eigenvalue weighted by Crippen LogP contribution is -2.19. The van der Waals surface area contributed by atoms with Gasteiger partial charge in [0, 0.05) is 29.3 Å². The zero-order chi connectivity index (χ0) is 21.5. The van der Waals surface area contributed by atoms with E-state index in [1.807, 2.05) is 73.7 Å². The lowest BCUT2D eigenvalue weighted by atomic mass is 10.2. The molecule has 0 saturated carbocycles. The smallest absolute Gasteiger partial charge is 0.323 e. The summed E-state index contributed by atoms with van der Waals surface area (Å²) in [4.78, 5) is 24.8. The molecule has 0 aliphatic carbocycles. The Bertz CT molecular complexity index is 1150. The fourth-order valence-corrected chi connectivity index (χ4v) is 2.78. The van der Waals surface area contributed by atoms with Gasteiger partial charge < -0.3 is 21.3 Å². The van der Waals surface area contributed by atoms with Crippen LogP contribution in [0.2, 0.25) is 0 Å². The Hall–Kier alpha value is -4.46. The standard InChI is InChI=1S/C23H21N7O/c1-16-5-7-18(8-6-16)28-23(31)29-19-11-9-17(10-12-19)27-21-14-22(26-15-25-21)30-20-4-2-3-13-24-20/h2-15H,1H3,(H2,28,29,31)(H2,24,25,26,27,30). The number of rotatable bonds is 6. The molecule has 2 aromatic heterocycles. The Morgan fingerprint density at radius 2 is 1.29 bits per heavy atom. The van der Waals surface area contributed by atoms with Crippen molar-refractivity contribution in [2.75, 3.05) is 21.3 Å². The number of nitrogens with zero attached hydrogens (tertiary/aromatic N) is 3. The van der Waals surface area contributed by atoms with Gasteiger partial charge in [-0.25, -0.2) is 19.7 Å². The van der Waals surface area contributed by atoms with E-state index in [0.29, 0.717) is 23.1 Å². The molecule has 4 rings (SSSR count). The molecule has 2 aromatic carbocycles. The van der Waals surface area contributed by atoms with E-state index in [2.05, 4.69) is 36.2 Å². The maximum absolute atomic E-state index is 12.2. The third-order valence-corrected chi connectivity index (χ3v) is 4.31. The van der Waals surface area contributed by atoms with Gasteiger partial charge in [0.25, 0.3) is 0 Å². The number of carbonyl (C=O) groups excluding carboxylic acids is 1. The third kappa shape index (κ3) is 5.77. The van der Waals surface area contributed by atoms with Gasteiger partial charge in [-0.15, -0.1) is 0 Å². The fraction of sp³-hybridized carbons (Fsp3) is 0.0435. The second-order valence-corrected chi connectivity index (χ2v) is 6.78. The molecule has 0 saturated heterocycles. The molecule has 0 aliphatic rings. The first kappa shape index (κ1) is 19.8. The molecule has 8 nitrogen and oxygen atoms in total. The maximum atomic E-state index is 12.2. The zero-order valence-corrected chi connectivity index (χ0v) is 16.8. The molecule has 154 valence electrons. The molecule has 2 amide bonds. The number of pyridine rings is 1. The van der Waals surface area contributed by atoms with Crippen LogP contribution in [0.1, 0.15) is 5.56 Å². The minimum absolute atomic E-state index is 0.300. The number of urea groups is 1. The molecule has 0 spiro atoms. The maximum Gasteiger partial charge on any atom is 0.323 e. The molecule has 0 radical (unpaired) electrons. The Labute approximate surface area is 179 Å². The van der Waals surface area contributed by atoms with Crippen LogP contribution in [0, 0.1) is 6.92 Å². The van der Waals surface area contributed by atoms with Crippen LogP contribution in [0.5, 0.6) is 0 Å². The van der Waals surface area contributed by atoms with Crippen molar-refractivity contribution >= 4 is 40.5 Å². The number of benzene rings is 2. The minimum atomic E-state index is -0.300. The minimum Gasteiger partial charge on any atom is -0.340 e. The van der Waals surface area contributed by atoms with Gasteiger partial charge in [-0.2, -0.15) is 0 Å². The van der Waals surface area contributed by atoms with E-state index in [4.69, 9.17) is 0 Å². The van der Waals surface area contributed by atoms with Gasteiger partial charge in [0.15, 0.2) is 0 Å². The molecule has 2 heterocycles. The van der Waals surface area contributed by atoms with Crippen molar-refractivity contribution in [1.29, 1.82) is 0 Å². The van der Waals surface area contributed by atoms with Crippen molar-refractivity contribution in [3.05, 3.63) is 90.9 Å². The molecule has 0 bridgehead atoms. The summed E-state index contributed by atoms with van der Waals surface area (Å²) in [7, 11) is 0. The molecule has 0 unspecified atom stereocenters. The van der Waals surface area contributed by atoms with Crippen molar-refractivity contribution in [2.24, 2.45) is 0 Å².